The number of aliphatic hydroxyl groups excluding tert-OH is 2. The van der Waals surface area contributed by atoms with E-state index >= 15 is 0 Å². The Morgan fingerprint density at radius 3 is 2.72 bits per heavy atom. The quantitative estimate of drug-likeness (QED) is 0.247. The maximum atomic E-state index is 11.6. The van der Waals surface area contributed by atoms with Gasteiger partial charge in [-0.15, -0.1) is 0 Å². The molecule has 13 nitrogen and oxygen atoms in total. The molecule has 2 aromatic heterocycles. The Kier molecular flexibility index (Phi) is 6.06. The van der Waals surface area contributed by atoms with Gasteiger partial charge in [-0.3, -0.25) is 9.09 Å². The van der Waals surface area contributed by atoms with Crippen LogP contribution in [0.3, 0.4) is 0 Å². The van der Waals surface area contributed by atoms with Crippen molar-refractivity contribution in [2.24, 2.45) is 0 Å². The Bertz CT molecular complexity index is 866. The number of phosphoric ester groups is 1. The molecule has 2 aromatic rings. The van der Waals surface area contributed by atoms with Crippen LogP contribution >= 0.6 is 7.82 Å². The molecular formula is C10H12N4NaO9P. The van der Waals surface area contributed by atoms with Gasteiger partial charge in [0.15, 0.2) is 11.9 Å². The van der Waals surface area contributed by atoms with Crippen LogP contribution in [0.4, 0.5) is 0 Å². The number of nitrogens with zero attached hydrogens (tertiary/aromatic N) is 3. The summed E-state index contributed by atoms with van der Waals surface area (Å²) in [6, 6.07) is 0. The van der Waals surface area contributed by atoms with Crippen LogP contribution in [0, 0.1) is 0 Å². The molecule has 0 amide bonds. The number of ether oxygens (including phenoxy) is 1. The average Bonchev–Trinajstić information content (AvgIpc) is 3.00. The van der Waals surface area contributed by atoms with Gasteiger partial charge in [0.25, 0.3) is 0 Å². The number of phosphoric acid groups is 1. The molecule has 0 aromatic carbocycles. The van der Waals surface area contributed by atoms with Crippen molar-refractivity contribution in [2.45, 2.75) is 24.5 Å². The second-order valence-corrected chi connectivity index (χ2v) is 6.27. The molecule has 25 heavy (non-hydrogen) atoms. The first-order valence-corrected chi connectivity index (χ1v) is 8.06. The van der Waals surface area contributed by atoms with E-state index in [1.54, 1.807) is 0 Å². The SMILES string of the molecule is O=c1nc2c(ncn2[C@@H]2O[C@H](COP(=O)(O)O)[C@@H](O)[C@H]2O)c([O-])[nH]1.[Na+]. The smallest absolute Gasteiger partial charge is 0.859 e. The van der Waals surface area contributed by atoms with Gasteiger partial charge in [0.1, 0.15) is 23.8 Å². The summed E-state index contributed by atoms with van der Waals surface area (Å²) >= 11 is 0. The van der Waals surface area contributed by atoms with Crippen LogP contribution in [0.15, 0.2) is 11.1 Å². The molecule has 1 aliphatic heterocycles. The van der Waals surface area contributed by atoms with Crippen molar-refractivity contribution in [3.05, 3.63) is 16.8 Å². The van der Waals surface area contributed by atoms with Crippen LogP contribution < -0.4 is 40.4 Å². The first kappa shape index (κ1) is 20.5. The van der Waals surface area contributed by atoms with E-state index in [-0.39, 0.29) is 40.7 Å². The van der Waals surface area contributed by atoms with Crippen LogP contribution in [0.25, 0.3) is 11.2 Å². The van der Waals surface area contributed by atoms with Crippen molar-refractivity contribution < 1.29 is 68.5 Å². The minimum absolute atomic E-state index is 0. The third-order valence-corrected chi connectivity index (χ3v) is 3.91. The zero-order valence-electron chi connectivity index (χ0n) is 12.7. The summed E-state index contributed by atoms with van der Waals surface area (Å²) in [7, 11) is -4.79. The van der Waals surface area contributed by atoms with E-state index in [0.29, 0.717) is 0 Å². The number of rotatable bonds is 4. The fourth-order valence-corrected chi connectivity index (χ4v) is 2.70. The van der Waals surface area contributed by atoms with Crippen molar-refractivity contribution >= 4 is 19.0 Å². The van der Waals surface area contributed by atoms with Gasteiger partial charge in [0.2, 0.25) is 0 Å². The molecule has 1 fully saturated rings. The molecule has 132 valence electrons. The van der Waals surface area contributed by atoms with Crippen LogP contribution in [-0.2, 0) is 13.8 Å². The molecule has 3 heterocycles. The molecule has 4 atom stereocenters. The zero-order chi connectivity index (χ0) is 17.6. The molecule has 0 unspecified atom stereocenters. The number of H-pyrrole nitrogens is 1. The molecule has 0 aliphatic carbocycles. The van der Waals surface area contributed by atoms with Gasteiger partial charge in [-0.25, -0.2) is 14.3 Å². The van der Waals surface area contributed by atoms with Crippen molar-refractivity contribution in [3.8, 4) is 5.88 Å². The number of aromatic nitrogens is 4. The molecule has 0 bridgehead atoms. The fourth-order valence-electron chi connectivity index (χ4n) is 2.36. The van der Waals surface area contributed by atoms with Crippen molar-refractivity contribution in [1.29, 1.82) is 0 Å². The summed E-state index contributed by atoms with van der Waals surface area (Å²) in [5.41, 5.74) is -1.27. The van der Waals surface area contributed by atoms with E-state index in [0.717, 1.165) is 10.9 Å². The van der Waals surface area contributed by atoms with Gasteiger partial charge in [-0.05, 0) is 5.88 Å². The van der Waals surface area contributed by atoms with Crippen molar-refractivity contribution in [1.82, 2.24) is 19.5 Å². The Labute approximate surface area is 160 Å². The summed E-state index contributed by atoms with van der Waals surface area (Å²) in [5.74, 6) is -0.779. The maximum Gasteiger partial charge on any atom is 1.00 e. The van der Waals surface area contributed by atoms with Crippen molar-refractivity contribution in [3.63, 3.8) is 0 Å². The van der Waals surface area contributed by atoms with E-state index in [2.05, 4.69) is 14.5 Å². The summed E-state index contributed by atoms with van der Waals surface area (Å²) in [6.07, 6.45) is -4.54. The molecule has 1 aliphatic rings. The summed E-state index contributed by atoms with van der Waals surface area (Å²) in [4.78, 5) is 37.9. The number of imidazole rings is 1. The molecule has 15 heteroatoms. The molecule has 5 N–H and O–H groups in total. The summed E-state index contributed by atoms with van der Waals surface area (Å²) < 4.78 is 21.3. The number of hydrogen-bond acceptors (Lipinski definition) is 9. The fraction of sp³-hybridized carbons (Fsp3) is 0.500. The van der Waals surface area contributed by atoms with Gasteiger partial charge in [-0.1, -0.05) is 0 Å². The van der Waals surface area contributed by atoms with Crippen LogP contribution in [-0.4, -0.2) is 64.4 Å². The van der Waals surface area contributed by atoms with E-state index in [4.69, 9.17) is 14.5 Å². The van der Waals surface area contributed by atoms with Crippen LogP contribution in [0.1, 0.15) is 6.23 Å². The number of fused-ring (bicyclic) bond motifs is 1. The molecular weight excluding hydrogens is 374 g/mol. The number of aliphatic hydroxyl groups is 2. The molecule has 0 radical (unpaired) electrons. The summed E-state index contributed by atoms with van der Waals surface area (Å²) in [5, 5.41) is 31.6. The third kappa shape index (κ3) is 4.11. The molecule has 1 saturated heterocycles. The van der Waals surface area contributed by atoms with Crippen LogP contribution in [0.5, 0.6) is 5.88 Å². The Morgan fingerprint density at radius 2 is 2.08 bits per heavy atom. The number of aromatic amines is 1. The van der Waals surface area contributed by atoms with Gasteiger partial charge < -0.3 is 34.8 Å². The van der Waals surface area contributed by atoms with Gasteiger partial charge in [-0.2, -0.15) is 4.98 Å². The molecule has 3 rings (SSSR count). The first-order chi connectivity index (χ1) is 11.2. The average molecular weight is 386 g/mol. The van der Waals surface area contributed by atoms with E-state index in [1.165, 1.54) is 0 Å². The first-order valence-electron chi connectivity index (χ1n) is 6.53. The Balaban J connectivity index is 0.00000225. The predicted octanol–water partition coefficient (Wildman–Crippen LogP) is -6.07. The number of hydrogen-bond donors (Lipinski definition) is 5. The minimum Gasteiger partial charge on any atom is -0.859 e. The second kappa shape index (κ2) is 7.40. The normalized spacial score (nSPS) is 26.7. The molecule has 0 saturated carbocycles. The zero-order valence-corrected chi connectivity index (χ0v) is 15.6. The number of nitrogens with one attached hydrogen (secondary N) is 1. The van der Waals surface area contributed by atoms with Gasteiger partial charge >= 0.3 is 43.1 Å². The monoisotopic (exact) mass is 386 g/mol. The predicted molar refractivity (Wildman–Crippen MR) is 71.5 cm³/mol. The van der Waals surface area contributed by atoms with Gasteiger partial charge in [0.05, 0.1) is 12.9 Å². The Morgan fingerprint density at radius 1 is 1.40 bits per heavy atom. The van der Waals surface area contributed by atoms with E-state index < -0.39 is 50.5 Å². The van der Waals surface area contributed by atoms with E-state index in [9.17, 15) is 24.7 Å². The molecule has 0 spiro atoms. The third-order valence-electron chi connectivity index (χ3n) is 3.43. The maximum absolute atomic E-state index is 11.6. The van der Waals surface area contributed by atoms with Crippen LogP contribution in [0.2, 0.25) is 0 Å². The topological polar surface area (TPSA) is 203 Å². The van der Waals surface area contributed by atoms with E-state index in [1.807, 2.05) is 4.98 Å². The van der Waals surface area contributed by atoms with Crippen molar-refractivity contribution in [2.75, 3.05) is 6.61 Å². The largest absolute Gasteiger partial charge is 1.00 e. The second-order valence-electron chi connectivity index (χ2n) is 5.03. The summed E-state index contributed by atoms with van der Waals surface area (Å²) in [6.45, 7) is -0.688. The standard InChI is InChI=1S/C10H13N4O9P.Na/c15-5-3(1-22-24(19,20)21)23-9(6(5)16)14-2-11-4-7(14)12-10(18)13-8(4)17;/h2-3,5-6,9,15-16H,1H2,(H2,19,20,21)(H2,12,13,17,18);/q;+1/p-1/t3-,5-,6-,9-;/m1./s1. The minimum atomic E-state index is -4.79. The van der Waals surface area contributed by atoms with Gasteiger partial charge in [0, 0.05) is 0 Å². The Hall–Kier alpha value is -0.860.